The van der Waals surface area contributed by atoms with Crippen LogP contribution >= 0.6 is 0 Å². The van der Waals surface area contributed by atoms with Crippen LogP contribution in [0.25, 0.3) is 0 Å². The van der Waals surface area contributed by atoms with E-state index >= 15 is 0 Å². The Labute approximate surface area is 175 Å². The normalized spacial score (nSPS) is 37.4. The molecule has 1 heterocycles. The van der Waals surface area contributed by atoms with Gasteiger partial charge in [0, 0.05) is 26.4 Å². The standard InChI is InChI=1S/C21H38O7Si/c1-19(2,3)29(6,7)28-14-13-21(23,18(22)25-5)17(24-4)16-15(14)26-20(27-16)11-9-8-10-12-20/h14-17,23H,8-13H2,1-7H3/t14-,15+,16+,17+,21-/m1/s1. The Kier molecular flexibility index (Phi) is 6.29. The molecule has 3 rings (SSSR count). The maximum Gasteiger partial charge on any atom is 0.340 e. The van der Waals surface area contributed by atoms with E-state index in [0.29, 0.717) is 0 Å². The summed E-state index contributed by atoms with van der Waals surface area (Å²) in [4.78, 5) is 12.6. The minimum absolute atomic E-state index is 0.0219. The molecule has 1 N–H and O–H groups in total. The second-order valence-electron chi connectivity index (χ2n) is 10.3. The van der Waals surface area contributed by atoms with Crippen molar-refractivity contribution in [2.45, 2.75) is 113 Å². The molecule has 1 spiro atoms. The third kappa shape index (κ3) is 4.04. The van der Waals surface area contributed by atoms with E-state index in [-0.39, 0.29) is 11.5 Å². The quantitative estimate of drug-likeness (QED) is 0.542. The van der Waals surface area contributed by atoms with E-state index in [9.17, 15) is 9.90 Å². The summed E-state index contributed by atoms with van der Waals surface area (Å²) in [5, 5.41) is 11.4. The van der Waals surface area contributed by atoms with Gasteiger partial charge in [-0.05, 0) is 31.0 Å². The van der Waals surface area contributed by atoms with E-state index in [1.807, 2.05) is 0 Å². The predicted octanol–water partition coefficient (Wildman–Crippen LogP) is 3.14. The van der Waals surface area contributed by atoms with Gasteiger partial charge in [0.2, 0.25) is 0 Å². The van der Waals surface area contributed by atoms with E-state index in [1.54, 1.807) is 0 Å². The van der Waals surface area contributed by atoms with Crippen LogP contribution in [0.4, 0.5) is 0 Å². The maximum atomic E-state index is 12.6. The van der Waals surface area contributed by atoms with Crippen LogP contribution in [0.1, 0.15) is 59.3 Å². The molecular weight excluding hydrogens is 392 g/mol. The van der Waals surface area contributed by atoms with Crippen molar-refractivity contribution in [3.8, 4) is 0 Å². The summed E-state index contributed by atoms with van der Waals surface area (Å²) in [6, 6.07) is 0. The molecule has 168 valence electrons. The van der Waals surface area contributed by atoms with E-state index in [4.69, 9.17) is 23.4 Å². The van der Waals surface area contributed by atoms with Gasteiger partial charge in [0.05, 0.1) is 13.2 Å². The molecule has 7 nitrogen and oxygen atoms in total. The van der Waals surface area contributed by atoms with E-state index in [2.05, 4.69) is 33.9 Å². The second-order valence-corrected chi connectivity index (χ2v) is 15.1. The van der Waals surface area contributed by atoms with Crippen LogP contribution in [-0.4, -0.2) is 69.4 Å². The highest BCUT2D eigenvalue weighted by Gasteiger charge is 2.65. The molecule has 0 aromatic rings. The Bertz CT molecular complexity index is 611. The third-order valence-electron chi connectivity index (χ3n) is 7.33. The first-order valence-electron chi connectivity index (χ1n) is 10.8. The van der Waals surface area contributed by atoms with Gasteiger partial charge in [-0.25, -0.2) is 4.79 Å². The first kappa shape index (κ1) is 23.2. The van der Waals surface area contributed by atoms with Crippen LogP contribution in [0.3, 0.4) is 0 Å². The summed E-state index contributed by atoms with van der Waals surface area (Å²) < 4.78 is 30.2. The number of methoxy groups -OCH3 is 2. The zero-order valence-corrected chi connectivity index (χ0v) is 19.9. The molecule has 0 unspecified atom stereocenters. The number of rotatable bonds is 4. The Balaban J connectivity index is 1.97. The number of ether oxygens (including phenoxy) is 4. The van der Waals surface area contributed by atoms with Crippen LogP contribution in [0.2, 0.25) is 18.1 Å². The van der Waals surface area contributed by atoms with Crippen molar-refractivity contribution in [2.24, 2.45) is 0 Å². The lowest BCUT2D eigenvalue weighted by Gasteiger charge is -2.48. The molecule has 1 saturated heterocycles. The Morgan fingerprint density at radius 3 is 2.17 bits per heavy atom. The molecule has 8 heteroatoms. The number of hydrogen-bond donors (Lipinski definition) is 1. The zero-order chi connectivity index (χ0) is 21.7. The lowest BCUT2D eigenvalue weighted by molar-refractivity contribution is -0.221. The summed E-state index contributed by atoms with van der Waals surface area (Å²) >= 11 is 0. The fraction of sp³-hybridized carbons (Fsp3) is 0.952. The fourth-order valence-electron chi connectivity index (χ4n) is 4.69. The van der Waals surface area contributed by atoms with Crippen LogP contribution in [0, 0.1) is 0 Å². The molecule has 0 radical (unpaired) electrons. The van der Waals surface area contributed by atoms with Gasteiger partial charge in [-0.15, -0.1) is 0 Å². The Morgan fingerprint density at radius 1 is 1.07 bits per heavy atom. The van der Waals surface area contributed by atoms with Crippen molar-refractivity contribution < 1.29 is 33.3 Å². The molecule has 0 aromatic carbocycles. The lowest BCUT2D eigenvalue weighted by Crippen LogP contribution is -2.67. The molecule has 1 aliphatic heterocycles. The van der Waals surface area contributed by atoms with Crippen LogP contribution in [-0.2, 0) is 28.2 Å². The van der Waals surface area contributed by atoms with E-state index < -0.39 is 50.1 Å². The molecule has 3 fully saturated rings. The number of carbonyl (C=O) groups is 1. The van der Waals surface area contributed by atoms with Crippen molar-refractivity contribution >= 4 is 14.3 Å². The van der Waals surface area contributed by atoms with Gasteiger partial charge in [-0.2, -0.15) is 0 Å². The van der Waals surface area contributed by atoms with Crippen LogP contribution < -0.4 is 0 Å². The largest absolute Gasteiger partial charge is 0.467 e. The van der Waals surface area contributed by atoms with Crippen molar-refractivity contribution in [2.75, 3.05) is 14.2 Å². The molecule has 2 saturated carbocycles. The molecular formula is C21H38O7Si. The SMILES string of the molecule is COC(=O)[C@@]1(O)C[C@@H](O[Si](C)(C)C(C)(C)C)[C@@H]2OC3(CCCCC3)O[C@@H]2[C@@H]1OC. The maximum absolute atomic E-state index is 12.6. The lowest BCUT2D eigenvalue weighted by atomic mass is 9.77. The third-order valence-corrected chi connectivity index (χ3v) is 11.8. The van der Waals surface area contributed by atoms with Gasteiger partial charge < -0.3 is 28.5 Å². The highest BCUT2D eigenvalue weighted by atomic mass is 28.4. The van der Waals surface area contributed by atoms with Gasteiger partial charge in [0.25, 0.3) is 0 Å². The number of esters is 1. The van der Waals surface area contributed by atoms with Gasteiger partial charge in [0.15, 0.2) is 19.7 Å². The topological polar surface area (TPSA) is 83.5 Å². The fourth-order valence-corrected chi connectivity index (χ4v) is 6.01. The summed E-state index contributed by atoms with van der Waals surface area (Å²) in [5.41, 5.74) is -1.85. The molecule has 0 amide bonds. The monoisotopic (exact) mass is 430 g/mol. The molecule has 29 heavy (non-hydrogen) atoms. The molecule has 0 bridgehead atoms. The first-order valence-corrected chi connectivity index (χ1v) is 13.7. The van der Waals surface area contributed by atoms with E-state index in [0.717, 1.165) is 32.1 Å². The minimum Gasteiger partial charge on any atom is -0.467 e. The number of fused-ring (bicyclic) bond motifs is 1. The minimum atomic E-state index is -2.19. The average molecular weight is 431 g/mol. The van der Waals surface area contributed by atoms with E-state index in [1.165, 1.54) is 14.2 Å². The smallest absolute Gasteiger partial charge is 0.340 e. The van der Waals surface area contributed by atoms with Gasteiger partial charge >= 0.3 is 5.97 Å². The van der Waals surface area contributed by atoms with Gasteiger partial charge in [-0.3, -0.25) is 0 Å². The van der Waals surface area contributed by atoms with Gasteiger partial charge in [0.1, 0.15) is 18.3 Å². The number of aliphatic hydroxyl groups is 1. The van der Waals surface area contributed by atoms with Crippen molar-refractivity contribution in [1.82, 2.24) is 0 Å². The molecule has 5 atom stereocenters. The van der Waals surface area contributed by atoms with Crippen LogP contribution in [0.5, 0.6) is 0 Å². The number of carbonyl (C=O) groups excluding carboxylic acids is 1. The van der Waals surface area contributed by atoms with Crippen molar-refractivity contribution in [3.05, 3.63) is 0 Å². The second kappa shape index (κ2) is 7.87. The van der Waals surface area contributed by atoms with Crippen molar-refractivity contribution in [3.63, 3.8) is 0 Å². The molecule has 3 aliphatic rings. The average Bonchev–Trinajstić information content (AvgIpc) is 2.99. The molecule has 2 aliphatic carbocycles. The summed E-state index contributed by atoms with van der Waals surface area (Å²) in [6.07, 6.45) is 2.57. The molecule has 0 aromatic heterocycles. The van der Waals surface area contributed by atoms with Gasteiger partial charge in [-0.1, -0.05) is 27.2 Å². The highest BCUT2D eigenvalue weighted by Crippen LogP contribution is 2.50. The number of hydrogen-bond acceptors (Lipinski definition) is 7. The summed E-state index contributed by atoms with van der Waals surface area (Å²) in [5.74, 6) is -1.40. The Hall–Kier alpha value is -0.513. The Morgan fingerprint density at radius 2 is 1.66 bits per heavy atom. The summed E-state index contributed by atoms with van der Waals surface area (Å²) in [6.45, 7) is 10.8. The summed E-state index contributed by atoms with van der Waals surface area (Å²) in [7, 11) is 0.569. The highest BCUT2D eigenvalue weighted by molar-refractivity contribution is 6.74. The zero-order valence-electron chi connectivity index (χ0n) is 18.9. The van der Waals surface area contributed by atoms with Crippen molar-refractivity contribution in [1.29, 1.82) is 0 Å². The first-order chi connectivity index (χ1) is 13.4. The predicted molar refractivity (Wildman–Crippen MR) is 110 cm³/mol. The van der Waals surface area contributed by atoms with Crippen LogP contribution in [0.15, 0.2) is 0 Å².